The van der Waals surface area contributed by atoms with Crippen molar-refractivity contribution in [3.63, 3.8) is 0 Å². The van der Waals surface area contributed by atoms with Gasteiger partial charge in [0.05, 0.1) is 10.6 Å². The van der Waals surface area contributed by atoms with E-state index in [1.807, 2.05) is 25.1 Å². The van der Waals surface area contributed by atoms with E-state index in [-0.39, 0.29) is 16.7 Å². The predicted octanol–water partition coefficient (Wildman–Crippen LogP) is 3.89. The number of nitrogens with zero attached hydrogens (tertiary/aromatic N) is 1. The van der Waals surface area contributed by atoms with E-state index in [2.05, 4.69) is 15.2 Å². The summed E-state index contributed by atoms with van der Waals surface area (Å²) in [6, 6.07) is 14.9. The van der Waals surface area contributed by atoms with Crippen LogP contribution in [-0.2, 0) is 14.8 Å². The lowest BCUT2D eigenvalue weighted by Gasteiger charge is -2.17. The summed E-state index contributed by atoms with van der Waals surface area (Å²) in [7, 11) is -3.85. The van der Waals surface area contributed by atoms with Crippen LogP contribution >= 0.6 is 0 Å². The molecule has 0 bridgehead atoms. The molecule has 0 fully saturated rings. The topological polar surface area (TPSA) is 111 Å². The predicted molar refractivity (Wildman–Crippen MR) is 113 cm³/mol. The Kier molecular flexibility index (Phi) is 6.41. The molecule has 0 saturated carbocycles. The van der Waals surface area contributed by atoms with Gasteiger partial charge in [-0.1, -0.05) is 30.3 Å². The van der Waals surface area contributed by atoms with Crippen LogP contribution in [0.3, 0.4) is 0 Å². The van der Waals surface area contributed by atoms with Crippen LogP contribution in [0.15, 0.2) is 64.0 Å². The summed E-state index contributed by atoms with van der Waals surface area (Å²) >= 11 is 0. The molecule has 0 radical (unpaired) electrons. The van der Waals surface area contributed by atoms with E-state index < -0.39 is 16.1 Å². The first-order chi connectivity index (χ1) is 14.3. The third-order valence-corrected chi connectivity index (χ3v) is 5.85. The zero-order valence-corrected chi connectivity index (χ0v) is 17.7. The third kappa shape index (κ3) is 4.98. The average Bonchev–Trinajstić information content (AvgIpc) is 3.04. The van der Waals surface area contributed by atoms with Crippen LogP contribution in [0.25, 0.3) is 0 Å². The number of sulfonamides is 1. The van der Waals surface area contributed by atoms with Crippen LogP contribution in [0.1, 0.15) is 24.6 Å². The second-order valence-electron chi connectivity index (χ2n) is 6.67. The molecule has 1 aromatic heterocycles. The quantitative estimate of drug-likeness (QED) is 0.562. The van der Waals surface area contributed by atoms with E-state index in [0.717, 1.165) is 0 Å². The fourth-order valence-corrected chi connectivity index (χ4v) is 3.66. The number of benzene rings is 2. The van der Waals surface area contributed by atoms with E-state index in [1.165, 1.54) is 24.3 Å². The molecule has 8 nitrogen and oxygen atoms in total. The normalized spacial score (nSPS) is 12.2. The van der Waals surface area contributed by atoms with Crippen molar-refractivity contribution in [3.05, 3.63) is 65.9 Å². The second-order valence-corrected chi connectivity index (χ2v) is 8.35. The molecule has 0 aliphatic carbocycles. The highest BCUT2D eigenvalue weighted by Crippen LogP contribution is 2.23. The number of carbonyl (C=O) groups is 1. The van der Waals surface area contributed by atoms with Crippen molar-refractivity contribution in [2.45, 2.75) is 38.2 Å². The van der Waals surface area contributed by atoms with Gasteiger partial charge >= 0.3 is 0 Å². The molecule has 1 atom stereocenters. The molecule has 3 rings (SSSR count). The summed E-state index contributed by atoms with van der Waals surface area (Å²) in [5, 5.41) is 6.48. The summed E-state index contributed by atoms with van der Waals surface area (Å²) in [5.41, 5.74) is 1.68. The molecule has 0 aliphatic heterocycles. The Hall–Kier alpha value is -3.33. The Morgan fingerprint density at radius 2 is 1.77 bits per heavy atom. The van der Waals surface area contributed by atoms with Gasteiger partial charge in [0.1, 0.15) is 5.75 Å². The molecule has 1 amide bonds. The SMILES string of the molecule is CCC(Oc1ccccc1)C(=O)Nc1ccc(S(=O)(=O)Nc2onc(C)c2C)cc1. The fraction of sp³-hybridized carbons (Fsp3) is 0.238. The van der Waals surface area contributed by atoms with E-state index in [0.29, 0.717) is 29.1 Å². The minimum atomic E-state index is -3.85. The molecule has 2 N–H and O–H groups in total. The smallest absolute Gasteiger partial charge is 0.265 e. The molecule has 0 saturated heterocycles. The lowest BCUT2D eigenvalue weighted by Crippen LogP contribution is -2.32. The van der Waals surface area contributed by atoms with Crippen molar-refractivity contribution < 1.29 is 22.5 Å². The van der Waals surface area contributed by atoms with Gasteiger partial charge < -0.3 is 14.6 Å². The number of aryl methyl sites for hydroxylation is 1. The lowest BCUT2D eigenvalue weighted by molar-refractivity contribution is -0.122. The third-order valence-electron chi connectivity index (χ3n) is 4.50. The van der Waals surface area contributed by atoms with Crippen molar-refractivity contribution in [1.82, 2.24) is 5.16 Å². The van der Waals surface area contributed by atoms with Crippen LogP contribution in [-0.4, -0.2) is 25.6 Å². The molecule has 0 spiro atoms. The van der Waals surface area contributed by atoms with E-state index in [4.69, 9.17) is 9.26 Å². The number of hydrogen-bond acceptors (Lipinski definition) is 6. The van der Waals surface area contributed by atoms with Gasteiger partial charge in [0, 0.05) is 11.3 Å². The number of anilines is 2. The number of para-hydroxylation sites is 1. The van der Waals surface area contributed by atoms with E-state index in [9.17, 15) is 13.2 Å². The molecule has 1 heterocycles. The Balaban J connectivity index is 1.67. The number of nitrogens with one attached hydrogen (secondary N) is 2. The molecule has 158 valence electrons. The van der Waals surface area contributed by atoms with E-state index >= 15 is 0 Å². The first kappa shape index (κ1) is 21.4. The average molecular weight is 429 g/mol. The zero-order chi connectivity index (χ0) is 21.7. The van der Waals surface area contributed by atoms with Crippen LogP contribution in [0.4, 0.5) is 11.6 Å². The van der Waals surface area contributed by atoms with Crippen LogP contribution in [0, 0.1) is 13.8 Å². The standard InChI is InChI=1S/C21H23N3O5S/c1-4-19(28-17-8-6-5-7-9-17)20(25)22-16-10-12-18(13-11-16)30(26,27)24-21-14(2)15(3)23-29-21/h5-13,19,24H,4H2,1-3H3,(H,22,25). The fourth-order valence-electron chi connectivity index (χ4n) is 2.62. The molecular weight excluding hydrogens is 406 g/mol. The van der Waals surface area contributed by atoms with Gasteiger partial charge in [-0.3, -0.25) is 4.79 Å². The van der Waals surface area contributed by atoms with E-state index in [1.54, 1.807) is 26.0 Å². The maximum Gasteiger partial charge on any atom is 0.265 e. The van der Waals surface area contributed by atoms with Crippen molar-refractivity contribution in [2.75, 3.05) is 10.0 Å². The highest BCUT2D eigenvalue weighted by Gasteiger charge is 2.21. The number of hydrogen-bond donors (Lipinski definition) is 2. The van der Waals surface area contributed by atoms with Crippen LogP contribution in [0.5, 0.6) is 5.75 Å². The van der Waals surface area contributed by atoms with Gasteiger partial charge in [0.2, 0.25) is 5.88 Å². The minimum absolute atomic E-state index is 0.0292. The molecule has 0 aliphatic rings. The number of amides is 1. The minimum Gasteiger partial charge on any atom is -0.481 e. The first-order valence-electron chi connectivity index (χ1n) is 9.38. The Morgan fingerprint density at radius 1 is 1.10 bits per heavy atom. The zero-order valence-electron chi connectivity index (χ0n) is 16.9. The van der Waals surface area contributed by atoms with Gasteiger partial charge in [0.15, 0.2) is 6.10 Å². The second kappa shape index (κ2) is 9.00. The van der Waals surface area contributed by atoms with Crippen LogP contribution < -0.4 is 14.8 Å². The summed E-state index contributed by atoms with van der Waals surface area (Å²) in [6.45, 7) is 5.28. The molecule has 2 aromatic carbocycles. The molecule has 1 unspecified atom stereocenters. The first-order valence-corrected chi connectivity index (χ1v) is 10.9. The number of ether oxygens (including phenoxy) is 1. The Morgan fingerprint density at radius 3 is 2.33 bits per heavy atom. The van der Waals surface area contributed by atoms with Gasteiger partial charge in [-0.2, -0.15) is 0 Å². The maximum atomic E-state index is 12.5. The van der Waals surface area contributed by atoms with Crippen LogP contribution in [0.2, 0.25) is 0 Å². The van der Waals surface area contributed by atoms with Gasteiger partial charge in [-0.25, -0.2) is 13.1 Å². The van der Waals surface area contributed by atoms with Crippen molar-refractivity contribution in [3.8, 4) is 5.75 Å². The summed E-state index contributed by atoms with van der Waals surface area (Å²) in [4.78, 5) is 12.6. The Bertz CT molecular complexity index is 1110. The molecular formula is C21H23N3O5S. The largest absolute Gasteiger partial charge is 0.481 e. The highest BCUT2D eigenvalue weighted by molar-refractivity contribution is 7.92. The van der Waals surface area contributed by atoms with Gasteiger partial charge in [0.25, 0.3) is 15.9 Å². The number of aromatic nitrogens is 1. The van der Waals surface area contributed by atoms with Crippen molar-refractivity contribution in [2.24, 2.45) is 0 Å². The molecule has 9 heteroatoms. The molecule has 30 heavy (non-hydrogen) atoms. The monoisotopic (exact) mass is 429 g/mol. The summed E-state index contributed by atoms with van der Waals surface area (Å²) in [5.74, 6) is 0.363. The van der Waals surface area contributed by atoms with Crippen molar-refractivity contribution in [1.29, 1.82) is 0 Å². The van der Waals surface area contributed by atoms with Gasteiger partial charge in [-0.05, 0) is 56.7 Å². The maximum absolute atomic E-state index is 12.5. The summed E-state index contributed by atoms with van der Waals surface area (Å²) in [6.07, 6.45) is -0.192. The summed E-state index contributed by atoms with van der Waals surface area (Å²) < 4.78 is 38.2. The van der Waals surface area contributed by atoms with Gasteiger partial charge in [-0.15, -0.1) is 0 Å². The number of rotatable bonds is 8. The molecule has 3 aromatic rings. The number of carbonyl (C=O) groups excluding carboxylic acids is 1. The Labute approximate surface area is 175 Å². The van der Waals surface area contributed by atoms with Crippen molar-refractivity contribution >= 4 is 27.5 Å². The highest BCUT2D eigenvalue weighted by atomic mass is 32.2. The lowest BCUT2D eigenvalue weighted by atomic mass is 10.2.